The van der Waals surface area contributed by atoms with E-state index >= 15 is 0 Å². The van der Waals surface area contributed by atoms with Crippen molar-refractivity contribution >= 4 is 32.9 Å². The number of hydrogen-bond donors (Lipinski definition) is 1. The van der Waals surface area contributed by atoms with Crippen molar-refractivity contribution in [1.29, 1.82) is 0 Å². The second kappa shape index (κ2) is 5.21. The van der Waals surface area contributed by atoms with Gasteiger partial charge >= 0.3 is 0 Å². The molecular weight excluding hydrogens is 268 g/mol. The molecule has 0 amide bonds. The topological polar surface area (TPSA) is 52.5 Å². The average molecular weight is 282 g/mol. The van der Waals surface area contributed by atoms with Crippen molar-refractivity contribution in [1.82, 2.24) is 9.97 Å². The lowest BCUT2D eigenvalue weighted by molar-refractivity contribution is 0.285. The Balaban J connectivity index is 1.63. The maximum absolute atomic E-state index is 9.05. The molecule has 2 aromatic rings. The Morgan fingerprint density at radius 2 is 1.83 bits per heavy atom. The van der Waals surface area contributed by atoms with Crippen molar-refractivity contribution in [2.75, 3.05) is 36.0 Å². The molecule has 0 aromatic carbocycles. The van der Waals surface area contributed by atoms with E-state index in [2.05, 4.69) is 19.8 Å². The standard InChI is InChI=1S/C11H14N4OS2/c16-8-9-7-13-11(18-9)15-4-2-14(3-5-15)10-12-1-6-17-10/h1,6-7,16H,2-5,8H2. The molecule has 1 aliphatic rings. The van der Waals surface area contributed by atoms with Crippen LogP contribution in [0.25, 0.3) is 0 Å². The van der Waals surface area contributed by atoms with Crippen LogP contribution in [-0.4, -0.2) is 41.3 Å². The quantitative estimate of drug-likeness (QED) is 0.922. The molecule has 0 saturated carbocycles. The lowest BCUT2D eigenvalue weighted by Gasteiger charge is -2.34. The Bertz CT molecular complexity index is 491. The summed E-state index contributed by atoms with van der Waals surface area (Å²) in [5.74, 6) is 0. The number of rotatable bonds is 3. The highest BCUT2D eigenvalue weighted by molar-refractivity contribution is 7.15. The number of piperazine rings is 1. The van der Waals surface area contributed by atoms with Gasteiger partial charge in [0.25, 0.3) is 0 Å². The van der Waals surface area contributed by atoms with Gasteiger partial charge in [-0.05, 0) is 0 Å². The van der Waals surface area contributed by atoms with E-state index in [0.717, 1.165) is 41.3 Å². The normalized spacial score (nSPS) is 16.3. The molecule has 1 N–H and O–H groups in total. The Kier molecular flexibility index (Phi) is 3.44. The van der Waals surface area contributed by atoms with Crippen molar-refractivity contribution in [3.8, 4) is 0 Å². The fourth-order valence-corrected chi connectivity index (χ4v) is 3.50. The SMILES string of the molecule is OCc1cnc(N2CCN(c3nccs3)CC2)s1. The van der Waals surface area contributed by atoms with Crippen molar-refractivity contribution in [3.05, 3.63) is 22.7 Å². The summed E-state index contributed by atoms with van der Waals surface area (Å²) in [7, 11) is 0. The van der Waals surface area contributed by atoms with Crippen molar-refractivity contribution < 1.29 is 5.11 Å². The highest BCUT2D eigenvalue weighted by Gasteiger charge is 2.20. The predicted molar refractivity (Wildman–Crippen MR) is 74.6 cm³/mol. The number of aromatic nitrogens is 2. The Labute approximate surface area is 113 Å². The molecule has 1 aliphatic heterocycles. The number of thiazole rings is 2. The van der Waals surface area contributed by atoms with Gasteiger partial charge in [-0.25, -0.2) is 9.97 Å². The molecule has 0 spiro atoms. The molecule has 5 nitrogen and oxygen atoms in total. The van der Waals surface area contributed by atoms with Crippen molar-refractivity contribution in [2.45, 2.75) is 6.61 Å². The summed E-state index contributed by atoms with van der Waals surface area (Å²) in [5, 5.41) is 13.2. The van der Waals surface area contributed by atoms with Crippen LogP contribution in [0.2, 0.25) is 0 Å². The number of hydrogen-bond acceptors (Lipinski definition) is 7. The summed E-state index contributed by atoms with van der Waals surface area (Å²) in [5.41, 5.74) is 0. The number of aliphatic hydroxyl groups excluding tert-OH is 1. The third-order valence-corrected chi connectivity index (χ3v) is 4.81. The number of anilines is 2. The van der Waals surface area contributed by atoms with Crippen molar-refractivity contribution in [2.24, 2.45) is 0 Å². The van der Waals surface area contributed by atoms with Crippen molar-refractivity contribution in [3.63, 3.8) is 0 Å². The molecule has 3 rings (SSSR count). The van der Waals surface area contributed by atoms with Gasteiger partial charge in [-0.1, -0.05) is 11.3 Å². The molecular formula is C11H14N4OS2. The van der Waals surface area contributed by atoms with Gasteiger partial charge in [0.05, 0.1) is 11.5 Å². The molecule has 96 valence electrons. The lowest BCUT2D eigenvalue weighted by Crippen LogP contribution is -2.46. The highest BCUT2D eigenvalue weighted by Crippen LogP contribution is 2.25. The second-order valence-corrected chi connectivity index (χ2v) is 6.02. The monoisotopic (exact) mass is 282 g/mol. The van der Waals surface area contributed by atoms with Gasteiger partial charge in [0.1, 0.15) is 0 Å². The molecule has 1 saturated heterocycles. The molecule has 0 radical (unpaired) electrons. The van der Waals surface area contributed by atoms with Crippen LogP contribution in [0.3, 0.4) is 0 Å². The van der Waals surface area contributed by atoms with Gasteiger partial charge in [-0.15, -0.1) is 11.3 Å². The zero-order valence-corrected chi connectivity index (χ0v) is 11.5. The van der Waals surface area contributed by atoms with E-state index < -0.39 is 0 Å². The Morgan fingerprint density at radius 3 is 2.39 bits per heavy atom. The van der Waals surface area contributed by atoms with Crippen LogP contribution in [-0.2, 0) is 6.61 Å². The van der Waals surface area contributed by atoms with Crippen LogP contribution in [0.5, 0.6) is 0 Å². The zero-order chi connectivity index (χ0) is 12.4. The van der Waals surface area contributed by atoms with Gasteiger partial charge in [0.2, 0.25) is 0 Å². The van der Waals surface area contributed by atoms with Crippen LogP contribution in [0.4, 0.5) is 10.3 Å². The van der Waals surface area contributed by atoms with E-state index in [9.17, 15) is 0 Å². The first-order valence-electron chi connectivity index (χ1n) is 5.82. The van der Waals surface area contributed by atoms with E-state index in [0.29, 0.717) is 0 Å². The minimum absolute atomic E-state index is 0.0801. The van der Waals surface area contributed by atoms with Crippen LogP contribution >= 0.6 is 22.7 Å². The van der Waals surface area contributed by atoms with Crippen LogP contribution in [0.1, 0.15) is 4.88 Å². The smallest absolute Gasteiger partial charge is 0.185 e. The van der Waals surface area contributed by atoms with Gasteiger partial charge in [0.15, 0.2) is 10.3 Å². The van der Waals surface area contributed by atoms with Gasteiger partial charge < -0.3 is 14.9 Å². The van der Waals surface area contributed by atoms with E-state index in [-0.39, 0.29) is 6.61 Å². The molecule has 0 aliphatic carbocycles. The maximum Gasteiger partial charge on any atom is 0.185 e. The average Bonchev–Trinajstić information content (AvgIpc) is 3.10. The summed E-state index contributed by atoms with van der Waals surface area (Å²) in [6.45, 7) is 3.94. The molecule has 3 heterocycles. The molecule has 0 atom stereocenters. The van der Waals surface area contributed by atoms with E-state index in [1.54, 1.807) is 28.9 Å². The molecule has 7 heteroatoms. The van der Waals surface area contributed by atoms with Crippen LogP contribution in [0, 0.1) is 0 Å². The van der Waals surface area contributed by atoms with E-state index in [1.165, 1.54) is 0 Å². The fraction of sp³-hybridized carbons (Fsp3) is 0.455. The van der Waals surface area contributed by atoms with Gasteiger partial charge in [0, 0.05) is 44.0 Å². The van der Waals surface area contributed by atoms with Crippen LogP contribution in [0.15, 0.2) is 17.8 Å². The Morgan fingerprint density at radius 1 is 1.11 bits per heavy atom. The first-order chi connectivity index (χ1) is 8.86. The minimum Gasteiger partial charge on any atom is -0.391 e. The lowest BCUT2D eigenvalue weighted by atomic mass is 10.3. The third kappa shape index (κ3) is 2.33. The minimum atomic E-state index is 0.0801. The molecule has 0 unspecified atom stereocenters. The van der Waals surface area contributed by atoms with Gasteiger partial charge in [-0.2, -0.15) is 0 Å². The zero-order valence-electron chi connectivity index (χ0n) is 9.82. The van der Waals surface area contributed by atoms with E-state index in [1.807, 2.05) is 11.6 Å². The summed E-state index contributed by atoms with van der Waals surface area (Å²) < 4.78 is 0. The third-order valence-electron chi connectivity index (χ3n) is 2.94. The highest BCUT2D eigenvalue weighted by atomic mass is 32.1. The van der Waals surface area contributed by atoms with Crippen LogP contribution < -0.4 is 9.80 Å². The summed E-state index contributed by atoms with van der Waals surface area (Å²) >= 11 is 3.26. The second-order valence-electron chi connectivity index (χ2n) is 4.06. The van der Waals surface area contributed by atoms with E-state index in [4.69, 9.17) is 5.11 Å². The largest absolute Gasteiger partial charge is 0.391 e. The fourth-order valence-electron chi connectivity index (χ4n) is 1.98. The Hall–Kier alpha value is -1.18. The summed E-state index contributed by atoms with van der Waals surface area (Å²) in [6, 6.07) is 0. The molecule has 0 bridgehead atoms. The summed E-state index contributed by atoms with van der Waals surface area (Å²) in [6.07, 6.45) is 3.61. The number of nitrogens with zero attached hydrogens (tertiary/aromatic N) is 4. The first kappa shape index (κ1) is 11.9. The number of aliphatic hydroxyl groups is 1. The molecule has 18 heavy (non-hydrogen) atoms. The summed E-state index contributed by atoms with van der Waals surface area (Å²) in [4.78, 5) is 14.2. The molecule has 1 fully saturated rings. The predicted octanol–water partition coefficient (Wildman–Crippen LogP) is 1.42. The first-order valence-corrected chi connectivity index (χ1v) is 7.51. The molecule has 2 aromatic heterocycles. The van der Waals surface area contributed by atoms with Gasteiger partial charge in [-0.3, -0.25) is 0 Å². The maximum atomic E-state index is 9.05.